The maximum absolute atomic E-state index is 13.4. The normalized spacial score (nSPS) is 12.2. The number of para-hydroxylation sites is 1. The molecular formula is C21H24Cl3N3O4S. The Morgan fingerprint density at radius 1 is 1.00 bits per heavy atom. The fraction of sp³-hybridized carbons (Fsp3) is 0.333. The summed E-state index contributed by atoms with van der Waals surface area (Å²) >= 11 is 18.7. The van der Waals surface area contributed by atoms with E-state index in [1.807, 2.05) is 0 Å². The van der Waals surface area contributed by atoms with E-state index in [2.05, 4.69) is 5.32 Å². The van der Waals surface area contributed by atoms with Crippen molar-refractivity contribution in [3.8, 4) is 0 Å². The first kappa shape index (κ1) is 26.3. The smallest absolute Gasteiger partial charge is 0.244 e. The standard InChI is InChI=1S/C21H24Cl3N3O4S/c1-4-25-21(29)14(2)26(12-15-16(22)9-7-10-17(15)23)20(28)13-27(32(3,30)31)19-11-6-5-8-18(19)24/h5-11,14H,4,12-13H2,1-3H3,(H,25,29). The van der Waals surface area contributed by atoms with Crippen molar-refractivity contribution in [1.82, 2.24) is 10.2 Å². The van der Waals surface area contributed by atoms with Crippen molar-refractivity contribution in [2.75, 3.05) is 23.7 Å². The van der Waals surface area contributed by atoms with Crippen LogP contribution in [-0.4, -0.2) is 50.5 Å². The van der Waals surface area contributed by atoms with Crippen LogP contribution < -0.4 is 9.62 Å². The summed E-state index contributed by atoms with van der Waals surface area (Å²) in [6.07, 6.45) is 0.978. The van der Waals surface area contributed by atoms with Gasteiger partial charge in [-0.2, -0.15) is 0 Å². The van der Waals surface area contributed by atoms with Crippen molar-refractivity contribution in [1.29, 1.82) is 0 Å². The molecule has 0 bridgehead atoms. The highest BCUT2D eigenvalue weighted by Gasteiger charge is 2.31. The van der Waals surface area contributed by atoms with Gasteiger partial charge in [-0.25, -0.2) is 8.42 Å². The Hall–Kier alpha value is -2.00. The summed E-state index contributed by atoms with van der Waals surface area (Å²) in [6, 6.07) is 10.3. The van der Waals surface area contributed by atoms with Gasteiger partial charge in [0.25, 0.3) is 0 Å². The van der Waals surface area contributed by atoms with Gasteiger partial charge in [-0.15, -0.1) is 0 Å². The lowest BCUT2D eigenvalue weighted by Crippen LogP contribution is -2.51. The molecule has 0 aliphatic rings. The SMILES string of the molecule is CCNC(=O)C(C)N(Cc1c(Cl)cccc1Cl)C(=O)CN(c1ccccc1Cl)S(C)(=O)=O. The fourth-order valence-corrected chi connectivity index (χ4v) is 4.67. The number of likely N-dealkylation sites (N-methyl/N-ethyl adjacent to an activating group) is 1. The van der Waals surface area contributed by atoms with Gasteiger partial charge in [-0.05, 0) is 38.1 Å². The molecule has 2 amide bonds. The van der Waals surface area contributed by atoms with E-state index in [9.17, 15) is 18.0 Å². The Kier molecular flexibility index (Phi) is 9.21. The number of nitrogens with zero attached hydrogens (tertiary/aromatic N) is 2. The zero-order chi connectivity index (χ0) is 24.1. The summed E-state index contributed by atoms with van der Waals surface area (Å²) < 4.78 is 25.9. The lowest BCUT2D eigenvalue weighted by molar-refractivity contribution is -0.139. The molecule has 11 heteroatoms. The minimum absolute atomic E-state index is 0.0875. The van der Waals surface area contributed by atoms with Gasteiger partial charge in [-0.3, -0.25) is 13.9 Å². The number of amides is 2. The van der Waals surface area contributed by atoms with Crippen molar-refractivity contribution in [2.24, 2.45) is 0 Å². The largest absolute Gasteiger partial charge is 0.355 e. The molecule has 2 rings (SSSR count). The molecule has 0 fully saturated rings. The van der Waals surface area contributed by atoms with Gasteiger partial charge in [0.15, 0.2) is 0 Å². The highest BCUT2D eigenvalue weighted by atomic mass is 35.5. The summed E-state index contributed by atoms with van der Waals surface area (Å²) in [6.45, 7) is 3.02. The lowest BCUT2D eigenvalue weighted by Gasteiger charge is -2.32. The van der Waals surface area contributed by atoms with Crippen LogP contribution in [0.3, 0.4) is 0 Å². The molecular weight excluding hydrogens is 497 g/mol. The first-order chi connectivity index (χ1) is 15.0. The second-order valence-electron chi connectivity index (χ2n) is 7.01. The number of hydrogen-bond acceptors (Lipinski definition) is 4. The van der Waals surface area contributed by atoms with Crippen molar-refractivity contribution in [3.63, 3.8) is 0 Å². The number of halogens is 3. The predicted molar refractivity (Wildman–Crippen MR) is 129 cm³/mol. The van der Waals surface area contributed by atoms with Gasteiger partial charge < -0.3 is 10.2 Å². The number of benzene rings is 2. The van der Waals surface area contributed by atoms with Crippen molar-refractivity contribution in [3.05, 3.63) is 63.1 Å². The second-order valence-corrected chi connectivity index (χ2v) is 10.1. The summed E-state index contributed by atoms with van der Waals surface area (Å²) in [4.78, 5) is 27.1. The van der Waals surface area contributed by atoms with E-state index in [4.69, 9.17) is 34.8 Å². The molecule has 0 radical (unpaired) electrons. The number of sulfonamides is 1. The molecule has 0 heterocycles. The summed E-state index contributed by atoms with van der Waals surface area (Å²) in [5.74, 6) is -1.02. The molecule has 1 N–H and O–H groups in total. The fourth-order valence-electron chi connectivity index (χ4n) is 3.01. The Morgan fingerprint density at radius 2 is 1.56 bits per heavy atom. The molecule has 2 aromatic carbocycles. The van der Waals surface area contributed by atoms with E-state index in [1.165, 1.54) is 17.0 Å². The Bertz CT molecular complexity index is 1080. The van der Waals surface area contributed by atoms with E-state index in [-0.39, 0.29) is 17.3 Å². The number of carbonyl (C=O) groups excluding carboxylic acids is 2. The van der Waals surface area contributed by atoms with Gasteiger partial charge in [0.1, 0.15) is 12.6 Å². The van der Waals surface area contributed by atoms with Gasteiger partial charge in [0, 0.05) is 28.7 Å². The third-order valence-corrected chi connectivity index (χ3v) is 6.86. The molecule has 0 aliphatic carbocycles. The minimum Gasteiger partial charge on any atom is -0.355 e. The average Bonchev–Trinajstić information content (AvgIpc) is 2.71. The quantitative estimate of drug-likeness (QED) is 0.542. The maximum atomic E-state index is 13.4. The molecule has 1 unspecified atom stereocenters. The van der Waals surface area contributed by atoms with E-state index in [1.54, 1.807) is 44.2 Å². The highest BCUT2D eigenvalue weighted by molar-refractivity contribution is 7.92. The summed E-state index contributed by atoms with van der Waals surface area (Å²) in [5, 5.41) is 3.49. The Morgan fingerprint density at radius 3 is 2.09 bits per heavy atom. The monoisotopic (exact) mass is 519 g/mol. The van der Waals surface area contributed by atoms with Crippen LogP contribution in [0.5, 0.6) is 0 Å². The van der Waals surface area contributed by atoms with Gasteiger partial charge in [0.05, 0.1) is 17.0 Å². The number of hydrogen-bond donors (Lipinski definition) is 1. The molecule has 0 saturated heterocycles. The molecule has 1 atom stereocenters. The molecule has 0 spiro atoms. The molecule has 174 valence electrons. The predicted octanol–water partition coefficient (Wildman–Crippen LogP) is 3.97. The van der Waals surface area contributed by atoms with Crippen LogP contribution in [0.25, 0.3) is 0 Å². The maximum Gasteiger partial charge on any atom is 0.244 e. The minimum atomic E-state index is -3.87. The average molecular weight is 521 g/mol. The highest BCUT2D eigenvalue weighted by Crippen LogP contribution is 2.29. The number of anilines is 1. The third-order valence-electron chi connectivity index (χ3n) is 4.71. The molecule has 0 aliphatic heterocycles. The van der Waals surface area contributed by atoms with Crippen LogP contribution in [-0.2, 0) is 26.2 Å². The van der Waals surface area contributed by atoms with Crippen LogP contribution in [0.15, 0.2) is 42.5 Å². The van der Waals surface area contributed by atoms with E-state index in [0.29, 0.717) is 22.2 Å². The van der Waals surface area contributed by atoms with Gasteiger partial charge in [0.2, 0.25) is 21.8 Å². The van der Waals surface area contributed by atoms with Crippen LogP contribution in [0, 0.1) is 0 Å². The first-order valence-corrected chi connectivity index (χ1v) is 12.7. The molecule has 0 saturated carbocycles. The van der Waals surface area contributed by atoms with E-state index in [0.717, 1.165) is 10.6 Å². The van der Waals surface area contributed by atoms with Gasteiger partial charge >= 0.3 is 0 Å². The first-order valence-electron chi connectivity index (χ1n) is 9.69. The van der Waals surface area contributed by atoms with E-state index < -0.39 is 34.4 Å². The van der Waals surface area contributed by atoms with Crippen LogP contribution in [0.2, 0.25) is 15.1 Å². The van der Waals surface area contributed by atoms with E-state index >= 15 is 0 Å². The zero-order valence-electron chi connectivity index (χ0n) is 17.8. The molecule has 32 heavy (non-hydrogen) atoms. The van der Waals surface area contributed by atoms with Gasteiger partial charge in [-0.1, -0.05) is 53.0 Å². The van der Waals surface area contributed by atoms with Crippen LogP contribution in [0.1, 0.15) is 19.4 Å². The number of nitrogens with one attached hydrogen (secondary N) is 1. The molecule has 2 aromatic rings. The van der Waals surface area contributed by atoms with Crippen molar-refractivity contribution in [2.45, 2.75) is 26.4 Å². The zero-order valence-corrected chi connectivity index (χ0v) is 20.9. The number of carbonyl (C=O) groups is 2. The van der Waals surface area contributed by atoms with Crippen LogP contribution >= 0.6 is 34.8 Å². The number of rotatable bonds is 9. The second kappa shape index (κ2) is 11.2. The summed E-state index contributed by atoms with van der Waals surface area (Å²) in [5.41, 5.74) is 0.607. The topological polar surface area (TPSA) is 86.8 Å². The molecule has 7 nitrogen and oxygen atoms in total. The van der Waals surface area contributed by atoms with Crippen molar-refractivity contribution >= 4 is 62.3 Å². The molecule has 0 aromatic heterocycles. The lowest BCUT2D eigenvalue weighted by atomic mass is 10.1. The summed E-state index contributed by atoms with van der Waals surface area (Å²) in [7, 11) is -3.87. The van der Waals surface area contributed by atoms with Crippen LogP contribution in [0.4, 0.5) is 5.69 Å². The Labute approximate surface area is 203 Å². The van der Waals surface area contributed by atoms with Crippen molar-refractivity contribution < 1.29 is 18.0 Å². The Balaban J connectivity index is 2.46. The third kappa shape index (κ3) is 6.51.